The molecule has 1 aliphatic heterocycles. The molecule has 1 aliphatic carbocycles. The lowest BCUT2D eigenvalue weighted by Crippen LogP contribution is -2.44. The third-order valence-electron chi connectivity index (χ3n) is 4.35. The molecule has 0 aromatic heterocycles. The molecule has 1 fully saturated rings. The predicted molar refractivity (Wildman–Crippen MR) is 87.6 cm³/mol. The zero-order valence-corrected chi connectivity index (χ0v) is 14.1. The van der Waals surface area contributed by atoms with Crippen LogP contribution in [0.2, 0.25) is 0 Å². The summed E-state index contributed by atoms with van der Waals surface area (Å²) < 4.78 is 10.6. The van der Waals surface area contributed by atoms with Gasteiger partial charge in [-0.15, -0.1) is 0 Å². The van der Waals surface area contributed by atoms with Crippen molar-refractivity contribution < 1.29 is 19.1 Å². The second kappa shape index (κ2) is 6.68. The second-order valence-corrected chi connectivity index (χ2v) is 6.51. The summed E-state index contributed by atoms with van der Waals surface area (Å²) >= 11 is 0. The highest BCUT2D eigenvalue weighted by Crippen LogP contribution is 2.46. The lowest BCUT2D eigenvalue weighted by atomic mass is 10.0. The third kappa shape index (κ3) is 3.46. The van der Waals surface area contributed by atoms with Crippen LogP contribution < -0.4 is 20.1 Å². The van der Waals surface area contributed by atoms with Crippen molar-refractivity contribution in [3.8, 4) is 11.5 Å². The topological polar surface area (TPSA) is 79.9 Å². The number of benzene rings is 1. The number of rotatable bonds is 7. The highest BCUT2D eigenvalue weighted by molar-refractivity contribution is 6.07. The molecule has 2 amide bonds. The average Bonchev–Trinajstić information content (AvgIpc) is 3.24. The van der Waals surface area contributed by atoms with Crippen LogP contribution in [0.5, 0.6) is 11.5 Å². The Morgan fingerprint density at radius 3 is 2.54 bits per heavy atom. The molecule has 0 radical (unpaired) electrons. The van der Waals surface area contributed by atoms with Crippen molar-refractivity contribution in [1.82, 2.24) is 15.5 Å². The van der Waals surface area contributed by atoms with E-state index >= 15 is 0 Å². The minimum atomic E-state index is -0.886. The van der Waals surface area contributed by atoms with Crippen LogP contribution in [0.15, 0.2) is 18.2 Å². The predicted octanol–water partition coefficient (Wildman–Crippen LogP) is 0.490. The maximum atomic E-state index is 12.4. The van der Waals surface area contributed by atoms with E-state index in [1.54, 1.807) is 0 Å². The van der Waals surface area contributed by atoms with Gasteiger partial charge >= 0.3 is 0 Å². The van der Waals surface area contributed by atoms with E-state index in [-0.39, 0.29) is 18.6 Å². The number of carbonyl (C=O) groups is 2. The Morgan fingerprint density at radius 2 is 1.83 bits per heavy atom. The number of likely N-dealkylation sites (N-methyl/N-ethyl adjacent to an activating group) is 1. The monoisotopic (exact) mass is 333 g/mol. The molecular weight excluding hydrogens is 310 g/mol. The molecule has 1 aromatic rings. The lowest BCUT2D eigenvalue weighted by Gasteiger charge is -2.17. The summed E-state index contributed by atoms with van der Waals surface area (Å²) in [6.07, 6.45) is 1.21. The molecule has 0 spiro atoms. The Kier molecular flexibility index (Phi) is 4.62. The van der Waals surface area contributed by atoms with E-state index in [1.807, 2.05) is 37.2 Å². The minimum absolute atomic E-state index is 0.174. The molecule has 7 nitrogen and oxygen atoms in total. The van der Waals surface area contributed by atoms with Crippen LogP contribution in [0, 0.1) is 5.41 Å². The molecule has 130 valence electrons. The van der Waals surface area contributed by atoms with Crippen LogP contribution in [-0.2, 0) is 16.1 Å². The molecule has 1 aromatic carbocycles. The van der Waals surface area contributed by atoms with E-state index < -0.39 is 5.41 Å². The third-order valence-corrected chi connectivity index (χ3v) is 4.35. The summed E-state index contributed by atoms with van der Waals surface area (Å²) in [5, 5.41) is 5.72. The zero-order valence-electron chi connectivity index (χ0n) is 14.1. The molecule has 2 aliphatic rings. The molecule has 1 heterocycles. The number of nitrogens with zero attached hydrogens (tertiary/aromatic N) is 1. The summed E-state index contributed by atoms with van der Waals surface area (Å²) in [6.45, 7) is 1.88. The minimum Gasteiger partial charge on any atom is -0.454 e. The quantitative estimate of drug-likeness (QED) is 0.710. The van der Waals surface area contributed by atoms with E-state index in [0.29, 0.717) is 37.4 Å². The van der Waals surface area contributed by atoms with Gasteiger partial charge in [-0.2, -0.15) is 0 Å². The van der Waals surface area contributed by atoms with Crippen molar-refractivity contribution >= 4 is 11.8 Å². The Hall–Kier alpha value is -2.28. The first-order chi connectivity index (χ1) is 11.5. The Balaban J connectivity index is 1.52. The SMILES string of the molecule is CN(C)CCNC(=O)C1(C(=O)NCc2ccc3c(c2)OCO3)CC1. The second-order valence-electron chi connectivity index (χ2n) is 6.51. The molecular formula is C17H23N3O4. The van der Waals surface area contributed by atoms with Gasteiger partial charge in [0.05, 0.1) is 0 Å². The summed E-state index contributed by atoms with van der Waals surface area (Å²) in [4.78, 5) is 26.7. The molecule has 7 heteroatoms. The fourth-order valence-corrected chi connectivity index (χ4v) is 2.65. The van der Waals surface area contributed by atoms with Crippen LogP contribution >= 0.6 is 0 Å². The van der Waals surface area contributed by atoms with Crippen molar-refractivity contribution in [3.63, 3.8) is 0 Å². The fraction of sp³-hybridized carbons (Fsp3) is 0.529. The highest BCUT2D eigenvalue weighted by Gasteiger charge is 2.56. The van der Waals surface area contributed by atoms with E-state index in [1.165, 1.54) is 0 Å². The van der Waals surface area contributed by atoms with Crippen LogP contribution in [0.25, 0.3) is 0 Å². The summed E-state index contributed by atoms with van der Waals surface area (Å²) in [6, 6.07) is 5.55. The summed E-state index contributed by atoms with van der Waals surface area (Å²) in [7, 11) is 3.88. The first-order valence-electron chi connectivity index (χ1n) is 8.11. The van der Waals surface area contributed by atoms with E-state index in [4.69, 9.17) is 9.47 Å². The fourth-order valence-electron chi connectivity index (χ4n) is 2.65. The van der Waals surface area contributed by atoms with Gasteiger partial charge in [0.2, 0.25) is 18.6 Å². The Morgan fingerprint density at radius 1 is 1.12 bits per heavy atom. The number of ether oxygens (including phenoxy) is 2. The van der Waals surface area contributed by atoms with E-state index in [0.717, 1.165) is 12.1 Å². The lowest BCUT2D eigenvalue weighted by molar-refractivity contribution is -0.137. The van der Waals surface area contributed by atoms with Gasteiger partial charge in [-0.3, -0.25) is 9.59 Å². The Bertz CT molecular complexity index is 641. The van der Waals surface area contributed by atoms with Crippen LogP contribution in [0.4, 0.5) is 0 Å². The summed E-state index contributed by atoms with van der Waals surface area (Å²) in [5.41, 5.74) is 0.0271. The number of carbonyl (C=O) groups excluding carboxylic acids is 2. The van der Waals surface area contributed by atoms with Crippen LogP contribution in [0.1, 0.15) is 18.4 Å². The number of hydrogen-bond acceptors (Lipinski definition) is 5. The number of hydrogen-bond donors (Lipinski definition) is 2. The smallest absolute Gasteiger partial charge is 0.235 e. The standard InChI is InChI=1S/C17H23N3O4/c1-20(2)8-7-18-15(21)17(5-6-17)16(22)19-10-12-3-4-13-14(9-12)24-11-23-13/h3-4,9H,5-8,10-11H2,1-2H3,(H,18,21)(H,19,22). The maximum absolute atomic E-state index is 12.4. The Labute approximate surface area is 141 Å². The molecule has 0 bridgehead atoms. The van der Waals surface area contributed by atoms with Crippen LogP contribution in [-0.4, -0.2) is 50.7 Å². The van der Waals surface area contributed by atoms with Gasteiger partial charge in [0.15, 0.2) is 11.5 Å². The average molecular weight is 333 g/mol. The van der Waals surface area contributed by atoms with Crippen molar-refractivity contribution in [2.24, 2.45) is 5.41 Å². The molecule has 2 N–H and O–H groups in total. The van der Waals surface area contributed by atoms with Crippen LogP contribution in [0.3, 0.4) is 0 Å². The van der Waals surface area contributed by atoms with Gasteiger partial charge in [0.25, 0.3) is 0 Å². The number of amides is 2. The van der Waals surface area contributed by atoms with Crippen molar-refractivity contribution in [3.05, 3.63) is 23.8 Å². The maximum Gasteiger partial charge on any atom is 0.235 e. The molecule has 24 heavy (non-hydrogen) atoms. The zero-order chi connectivity index (χ0) is 17.2. The number of fused-ring (bicyclic) bond motifs is 1. The van der Waals surface area contributed by atoms with Gasteiger partial charge < -0.3 is 25.0 Å². The van der Waals surface area contributed by atoms with Gasteiger partial charge in [0.1, 0.15) is 5.41 Å². The van der Waals surface area contributed by atoms with Crippen molar-refractivity contribution in [1.29, 1.82) is 0 Å². The molecule has 0 atom stereocenters. The summed E-state index contributed by atoms with van der Waals surface area (Å²) in [5.74, 6) is 1.02. The molecule has 1 saturated carbocycles. The van der Waals surface area contributed by atoms with Gasteiger partial charge in [-0.1, -0.05) is 6.07 Å². The molecule has 0 saturated heterocycles. The molecule has 3 rings (SSSR count). The van der Waals surface area contributed by atoms with E-state index in [9.17, 15) is 9.59 Å². The first-order valence-corrected chi connectivity index (χ1v) is 8.11. The van der Waals surface area contributed by atoms with Crippen molar-refractivity contribution in [2.45, 2.75) is 19.4 Å². The van der Waals surface area contributed by atoms with Gasteiger partial charge in [-0.25, -0.2) is 0 Å². The molecule has 0 unspecified atom stereocenters. The largest absolute Gasteiger partial charge is 0.454 e. The van der Waals surface area contributed by atoms with E-state index in [2.05, 4.69) is 10.6 Å². The number of nitrogens with one attached hydrogen (secondary N) is 2. The van der Waals surface area contributed by atoms with Gasteiger partial charge in [-0.05, 0) is 44.6 Å². The first kappa shape index (κ1) is 16.6. The normalized spacial score (nSPS) is 16.8. The highest BCUT2D eigenvalue weighted by atomic mass is 16.7. The van der Waals surface area contributed by atoms with Gasteiger partial charge in [0, 0.05) is 19.6 Å². The van der Waals surface area contributed by atoms with Crippen molar-refractivity contribution in [2.75, 3.05) is 34.0 Å².